The molecule has 1 saturated carbocycles. The molecule has 0 aromatic carbocycles. The maximum Gasteiger partial charge on any atom is 0.248 e. The molecule has 0 amide bonds. The van der Waals surface area contributed by atoms with E-state index in [1.807, 2.05) is 13.8 Å². The first-order valence-corrected chi connectivity index (χ1v) is 6.46. The summed E-state index contributed by atoms with van der Waals surface area (Å²) < 4.78 is 32.2. The molecule has 1 aromatic heterocycles. The number of aromatic nitrogens is 2. The summed E-state index contributed by atoms with van der Waals surface area (Å²) in [5.74, 6) is -2.07. The van der Waals surface area contributed by atoms with E-state index in [0.29, 0.717) is 24.6 Å². The summed E-state index contributed by atoms with van der Waals surface area (Å²) in [6.07, 6.45) is 1.01. The van der Waals surface area contributed by atoms with Gasteiger partial charge in [-0.25, -0.2) is 8.78 Å². The van der Waals surface area contributed by atoms with Crippen LogP contribution in [0.5, 0.6) is 0 Å². The first-order chi connectivity index (χ1) is 8.52. The zero-order valence-corrected chi connectivity index (χ0v) is 10.7. The van der Waals surface area contributed by atoms with Gasteiger partial charge in [-0.3, -0.25) is 0 Å². The molecule has 1 aliphatic rings. The topological polar surface area (TPSA) is 51.0 Å². The molecule has 1 aliphatic carbocycles. The molecule has 0 aliphatic heterocycles. The number of hydrogen-bond donors (Lipinski definition) is 1. The van der Waals surface area contributed by atoms with Gasteiger partial charge in [-0.05, 0) is 26.3 Å². The van der Waals surface area contributed by atoms with E-state index in [-0.39, 0.29) is 24.8 Å². The van der Waals surface area contributed by atoms with Crippen molar-refractivity contribution in [3.8, 4) is 0 Å². The Morgan fingerprint density at radius 1 is 1.50 bits per heavy atom. The Bertz CT molecular complexity index is 394. The molecule has 0 radical (unpaired) electrons. The van der Waals surface area contributed by atoms with E-state index in [4.69, 9.17) is 4.42 Å². The Balaban J connectivity index is 2.05. The van der Waals surface area contributed by atoms with Gasteiger partial charge >= 0.3 is 0 Å². The summed E-state index contributed by atoms with van der Waals surface area (Å²) in [6.45, 7) is 4.69. The standard InChI is InChI=1S/C12H19F2N3O/c1-3-15-8(2)10-16-17-11(18-10)9-5-4-6-12(13,14)7-9/h8-9,15H,3-7H2,1-2H3. The lowest BCUT2D eigenvalue weighted by molar-refractivity contribution is -0.0436. The third-order valence-corrected chi connectivity index (χ3v) is 3.33. The van der Waals surface area contributed by atoms with Crippen LogP contribution in [0.4, 0.5) is 8.78 Å². The van der Waals surface area contributed by atoms with Crippen molar-refractivity contribution < 1.29 is 13.2 Å². The van der Waals surface area contributed by atoms with Crippen molar-refractivity contribution in [2.45, 2.75) is 57.4 Å². The second kappa shape index (κ2) is 5.30. The fraction of sp³-hybridized carbons (Fsp3) is 0.833. The predicted octanol–water partition coefficient (Wildman–Crippen LogP) is 3.03. The smallest absolute Gasteiger partial charge is 0.248 e. The van der Waals surface area contributed by atoms with Gasteiger partial charge in [0.2, 0.25) is 17.7 Å². The Morgan fingerprint density at radius 2 is 2.28 bits per heavy atom. The second-order valence-corrected chi connectivity index (χ2v) is 4.91. The molecular weight excluding hydrogens is 240 g/mol. The van der Waals surface area contributed by atoms with Gasteiger partial charge in [-0.1, -0.05) is 6.92 Å². The SMILES string of the molecule is CCNC(C)c1nnc(C2CCCC(F)(F)C2)o1. The molecular formula is C12H19F2N3O. The predicted molar refractivity (Wildman–Crippen MR) is 62.5 cm³/mol. The zero-order valence-electron chi connectivity index (χ0n) is 10.7. The molecule has 6 heteroatoms. The molecule has 1 heterocycles. The lowest BCUT2D eigenvalue weighted by atomic mass is 9.86. The van der Waals surface area contributed by atoms with Crippen molar-refractivity contribution >= 4 is 0 Å². The van der Waals surface area contributed by atoms with E-state index in [2.05, 4.69) is 15.5 Å². The molecule has 1 N–H and O–H groups in total. The van der Waals surface area contributed by atoms with E-state index in [0.717, 1.165) is 6.54 Å². The van der Waals surface area contributed by atoms with Gasteiger partial charge in [0.05, 0.1) is 6.04 Å². The summed E-state index contributed by atoms with van der Waals surface area (Å²) in [5, 5.41) is 11.0. The van der Waals surface area contributed by atoms with Crippen LogP contribution >= 0.6 is 0 Å². The molecule has 1 aromatic rings. The normalized spacial score (nSPS) is 25.0. The maximum absolute atomic E-state index is 13.3. The monoisotopic (exact) mass is 259 g/mol. The van der Waals surface area contributed by atoms with Gasteiger partial charge in [0.25, 0.3) is 0 Å². The highest BCUT2D eigenvalue weighted by atomic mass is 19.3. The minimum atomic E-state index is -2.59. The van der Waals surface area contributed by atoms with E-state index < -0.39 is 5.92 Å². The molecule has 2 unspecified atom stereocenters. The lowest BCUT2D eigenvalue weighted by Crippen LogP contribution is -2.25. The summed E-state index contributed by atoms with van der Waals surface area (Å²) in [7, 11) is 0. The van der Waals surface area contributed by atoms with E-state index in [9.17, 15) is 8.78 Å². The van der Waals surface area contributed by atoms with Crippen molar-refractivity contribution in [3.63, 3.8) is 0 Å². The Kier molecular flexibility index (Phi) is 3.94. The summed E-state index contributed by atoms with van der Waals surface area (Å²) in [5.41, 5.74) is 0. The van der Waals surface area contributed by atoms with Gasteiger partial charge in [0.15, 0.2) is 0 Å². The van der Waals surface area contributed by atoms with Crippen LogP contribution in [0.1, 0.15) is 63.3 Å². The summed E-state index contributed by atoms with van der Waals surface area (Å²) in [6, 6.07) is -0.0413. The van der Waals surface area contributed by atoms with E-state index in [1.165, 1.54) is 0 Å². The Morgan fingerprint density at radius 3 is 2.94 bits per heavy atom. The van der Waals surface area contributed by atoms with E-state index >= 15 is 0 Å². The van der Waals surface area contributed by atoms with E-state index in [1.54, 1.807) is 0 Å². The second-order valence-electron chi connectivity index (χ2n) is 4.91. The van der Waals surface area contributed by atoms with Crippen molar-refractivity contribution in [1.82, 2.24) is 15.5 Å². The van der Waals surface area contributed by atoms with Crippen LogP contribution in [0.15, 0.2) is 4.42 Å². The van der Waals surface area contributed by atoms with Crippen molar-refractivity contribution in [2.24, 2.45) is 0 Å². The first-order valence-electron chi connectivity index (χ1n) is 6.46. The molecule has 102 valence electrons. The molecule has 18 heavy (non-hydrogen) atoms. The average Bonchev–Trinajstić information content (AvgIpc) is 2.77. The molecule has 1 fully saturated rings. The summed E-state index contributed by atoms with van der Waals surface area (Å²) >= 11 is 0. The maximum atomic E-state index is 13.3. The van der Waals surface area contributed by atoms with Crippen LogP contribution in [0.25, 0.3) is 0 Å². The van der Waals surface area contributed by atoms with Gasteiger partial charge < -0.3 is 9.73 Å². The number of nitrogens with one attached hydrogen (secondary N) is 1. The quantitative estimate of drug-likeness (QED) is 0.903. The third-order valence-electron chi connectivity index (χ3n) is 3.33. The van der Waals surface area contributed by atoms with Crippen LogP contribution in [0, 0.1) is 0 Å². The molecule has 0 saturated heterocycles. The lowest BCUT2D eigenvalue weighted by Gasteiger charge is -2.26. The fourth-order valence-electron chi connectivity index (χ4n) is 2.36. The largest absolute Gasteiger partial charge is 0.423 e. The zero-order chi connectivity index (χ0) is 13.2. The highest BCUT2D eigenvalue weighted by Crippen LogP contribution is 2.41. The molecule has 0 spiro atoms. The van der Waals surface area contributed by atoms with Gasteiger partial charge in [0.1, 0.15) is 0 Å². The van der Waals surface area contributed by atoms with Gasteiger partial charge in [0, 0.05) is 18.8 Å². The van der Waals surface area contributed by atoms with Crippen LogP contribution in [0.2, 0.25) is 0 Å². The average molecular weight is 259 g/mol. The van der Waals surface area contributed by atoms with Gasteiger partial charge in [-0.2, -0.15) is 0 Å². The van der Waals surface area contributed by atoms with Crippen molar-refractivity contribution in [3.05, 3.63) is 11.8 Å². The number of nitrogens with zero attached hydrogens (tertiary/aromatic N) is 2. The fourth-order valence-corrected chi connectivity index (χ4v) is 2.36. The molecule has 2 atom stereocenters. The molecule has 0 bridgehead atoms. The van der Waals surface area contributed by atoms with Crippen LogP contribution in [-0.4, -0.2) is 22.7 Å². The number of halogens is 2. The van der Waals surface area contributed by atoms with Crippen LogP contribution in [0.3, 0.4) is 0 Å². The highest BCUT2D eigenvalue weighted by Gasteiger charge is 2.39. The minimum Gasteiger partial charge on any atom is -0.423 e. The van der Waals surface area contributed by atoms with Crippen LogP contribution in [-0.2, 0) is 0 Å². The number of rotatable bonds is 4. The highest BCUT2D eigenvalue weighted by molar-refractivity contribution is 4.98. The van der Waals surface area contributed by atoms with Crippen LogP contribution < -0.4 is 5.32 Å². The van der Waals surface area contributed by atoms with Gasteiger partial charge in [-0.15, -0.1) is 10.2 Å². The Labute approximate surface area is 105 Å². The molecule has 4 nitrogen and oxygen atoms in total. The van der Waals surface area contributed by atoms with Crippen molar-refractivity contribution in [1.29, 1.82) is 0 Å². The minimum absolute atomic E-state index is 0.0295. The Hall–Kier alpha value is -1.04. The van der Waals surface area contributed by atoms with Crippen molar-refractivity contribution in [2.75, 3.05) is 6.54 Å². The third kappa shape index (κ3) is 3.04. The summed E-state index contributed by atoms with van der Waals surface area (Å²) in [4.78, 5) is 0. The molecule has 2 rings (SSSR count). The number of hydrogen-bond acceptors (Lipinski definition) is 4. The number of alkyl halides is 2. The first kappa shape index (κ1) is 13.4.